The summed E-state index contributed by atoms with van der Waals surface area (Å²) in [6.07, 6.45) is 4.75. The van der Waals surface area contributed by atoms with Crippen molar-refractivity contribution in [2.45, 2.75) is 38.6 Å². The molecule has 1 aromatic rings. The Morgan fingerprint density at radius 1 is 1.33 bits per heavy atom. The normalized spacial score (nSPS) is 19.7. The number of nitrogens with one attached hydrogen (secondary N) is 2. The molecule has 0 radical (unpaired) electrons. The van der Waals surface area contributed by atoms with Gasteiger partial charge in [-0.2, -0.15) is 0 Å². The molecule has 1 aromatic carbocycles. The van der Waals surface area contributed by atoms with Crippen LogP contribution in [0.15, 0.2) is 30.3 Å². The van der Waals surface area contributed by atoms with Gasteiger partial charge in [-0.3, -0.25) is 0 Å². The maximum atomic E-state index is 11.9. The van der Waals surface area contributed by atoms with Gasteiger partial charge in [0.05, 0.1) is 12.6 Å². The Labute approximate surface area is 145 Å². The van der Waals surface area contributed by atoms with E-state index in [2.05, 4.69) is 22.5 Å². The van der Waals surface area contributed by atoms with Crippen LogP contribution >= 0.6 is 0 Å². The number of amides is 2. The van der Waals surface area contributed by atoms with Gasteiger partial charge in [-0.05, 0) is 50.3 Å². The summed E-state index contributed by atoms with van der Waals surface area (Å²) in [5, 5.41) is 15.2. The van der Waals surface area contributed by atoms with Gasteiger partial charge in [-0.25, -0.2) is 4.79 Å². The minimum atomic E-state index is -0.360. The van der Waals surface area contributed by atoms with Crippen LogP contribution in [-0.4, -0.2) is 48.8 Å². The van der Waals surface area contributed by atoms with Gasteiger partial charge in [-0.15, -0.1) is 0 Å². The highest BCUT2D eigenvalue weighted by molar-refractivity contribution is 5.74. The first-order chi connectivity index (χ1) is 11.7. The molecule has 2 amide bonds. The number of aliphatic hydroxyl groups excluding tert-OH is 1. The zero-order valence-electron chi connectivity index (χ0n) is 14.7. The summed E-state index contributed by atoms with van der Waals surface area (Å²) in [5.74, 6) is 0.816. The van der Waals surface area contributed by atoms with Crippen LogP contribution in [0.1, 0.15) is 44.2 Å². The number of unbranched alkanes of at least 4 members (excludes halogenated alkanes) is 1. The van der Waals surface area contributed by atoms with E-state index < -0.39 is 0 Å². The molecule has 24 heavy (non-hydrogen) atoms. The molecule has 5 nitrogen and oxygen atoms in total. The molecule has 134 valence electrons. The number of rotatable bonds is 8. The lowest BCUT2D eigenvalue weighted by Crippen LogP contribution is -2.40. The first-order valence-corrected chi connectivity index (χ1v) is 9.11. The van der Waals surface area contributed by atoms with Crippen molar-refractivity contribution in [2.24, 2.45) is 5.92 Å². The van der Waals surface area contributed by atoms with E-state index in [1.807, 2.05) is 30.3 Å². The summed E-state index contributed by atoms with van der Waals surface area (Å²) in [5.41, 5.74) is 0.911. The van der Waals surface area contributed by atoms with Gasteiger partial charge < -0.3 is 20.6 Å². The van der Waals surface area contributed by atoms with Crippen molar-refractivity contribution >= 4 is 6.03 Å². The number of carbonyl (C=O) groups excluding carboxylic acids is 1. The Morgan fingerprint density at radius 2 is 2.12 bits per heavy atom. The lowest BCUT2D eigenvalue weighted by molar-refractivity contribution is 0.181. The zero-order chi connectivity index (χ0) is 17.2. The third kappa shape index (κ3) is 6.49. The molecule has 1 heterocycles. The molecule has 0 aromatic heterocycles. The van der Waals surface area contributed by atoms with Crippen LogP contribution in [0, 0.1) is 5.92 Å². The lowest BCUT2D eigenvalue weighted by Gasteiger charge is -2.30. The van der Waals surface area contributed by atoms with E-state index in [0.717, 1.165) is 30.9 Å². The van der Waals surface area contributed by atoms with E-state index in [1.165, 1.54) is 25.9 Å². The fraction of sp³-hybridized carbons (Fsp3) is 0.632. The van der Waals surface area contributed by atoms with Gasteiger partial charge in [0.25, 0.3) is 0 Å². The summed E-state index contributed by atoms with van der Waals surface area (Å²) in [6, 6.07) is 8.95. The summed E-state index contributed by atoms with van der Waals surface area (Å²) in [4.78, 5) is 14.5. The minimum absolute atomic E-state index is 0.107. The Morgan fingerprint density at radius 3 is 2.83 bits per heavy atom. The number of likely N-dealkylation sites (tertiary alicyclic amines) is 1. The minimum Gasteiger partial charge on any atom is -0.394 e. The zero-order valence-corrected chi connectivity index (χ0v) is 14.7. The van der Waals surface area contributed by atoms with E-state index in [0.29, 0.717) is 6.54 Å². The van der Waals surface area contributed by atoms with E-state index in [9.17, 15) is 9.90 Å². The van der Waals surface area contributed by atoms with Gasteiger partial charge >= 0.3 is 6.03 Å². The van der Waals surface area contributed by atoms with Crippen molar-refractivity contribution in [2.75, 3.05) is 32.8 Å². The predicted molar refractivity (Wildman–Crippen MR) is 96.9 cm³/mol. The van der Waals surface area contributed by atoms with Crippen LogP contribution in [0.2, 0.25) is 0 Å². The maximum Gasteiger partial charge on any atom is 0.315 e. The molecular weight excluding hydrogens is 302 g/mol. The second kappa shape index (κ2) is 10.3. The molecule has 2 rings (SSSR count). The first-order valence-electron chi connectivity index (χ1n) is 9.11. The van der Waals surface area contributed by atoms with Crippen LogP contribution < -0.4 is 10.6 Å². The standard InChI is InChI=1S/C19H31N3O2/c1-16-8-7-13-22(14-16)12-6-5-11-20-19(24)21-18(15-23)17-9-3-2-4-10-17/h2-4,9-10,16,18,23H,5-8,11-15H2,1H3,(H2,20,21,24). The molecule has 0 bridgehead atoms. The first kappa shape index (κ1) is 18.7. The van der Waals surface area contributed by atoms with Crippen molar-refractivity contribution < 1.29 is 9.90 Å². The lowest BCUT2D eigenvalue weighted by atomic mass is 10.0. The third-order valence-corrected chi connectivity index (χ3v) is 4.62. The van der Waals surface area contributed by atoms with E-state index in [-0.39, 0.29) is 18.7 Å². The molecule has 1 fully saturated rings. The Hall–Kier alpha value is -1.59. The van der Waals surface area contributed by atoms with E-state index in [1.54, 1.807) is 0 Å². The summed E-state index contributed by atoms with van der Waals surface area (Å²) in [6.45, 7) is 6.43. The second-order valence-electron chi connectivity index (χ2n) is 6.80. The second-order valence-corrected chi connectivity index (χ2v) is 6.80. The van der Waals surface area contributed by atoms with Gasteiger partial charge in [0.2, 0.25) is 0 Å². The molecule has 0 aliphatic carbocycles. The van der Waals surface area contributed by atoms with Crippen molar-refractivity contribution in [3.63, 3.8) is 0 Å². The quantitative estimate of drug-likeness (QED) is 0.641. The van der Waals surface area contributed by atoms with Gasteiger partial charge in [0, 0.05) is 13.1 Å². The number of urea groups is 1. The molecule has 3 N–H and O–H groups in total. The molecule has 1 saturated heterocycles. The number of piperidine rings is 1. The topological polar surface area (TPSA) is 64.6 Å². The van der Waals surface area contributed by atoms with Gasteiger partial charge in [0.1, 0.15) is 0 Å². The predicted octanol–water partition coefficient (Wildman–Crippen LogP) is 2.53. The number of aliphatic hydroxyl groups is 1. The van der Waals surface area contributed by atoms with Gasteiger partial charge in [-0.1, -0.05) is 37.3 Å². The van der Waals surface area contributed by atoms with Crippen molar-refractivity contribution in [1.82, 2.24) is 15.5 Å². The highest BCUT2D eigenvalue weighted by Gasteiger charge is 2.15. The van der Waals surface area contributed by atoms with Crippen molar-refractivity contribution in [1.29, 1.82) is 0 Å². The molecule has 0 saturated carbocycles. The molecule has 1 aliphatic rings. The maximum absolute atomic E-state index is 11.9. The Balaban J connectivity index is 1.59. The molecule has 2 unspecified atom stereocenters. The number of nitrogens with zero attached hydrogens (tertiary/aromatic N) is 1. The van der Waals surface area contributed by atoms with Crippen LogP contribution in [0.3, 0.4) is 0 Å². The molecular formula is C19H31N3O2. The fourth-order valence-corrected chi connectivity index (χ4v) is 3.28. The number of carbonyl (C=O) groups is 1. The summed E-state index contributed by atoms with van der Waals surface area (Å²) >= 11 is 0. The average Bonchev–Trinajstić information content (AvgIpc) is 2.60. The van der Waals surface area contributed by atoms with E-state index >= 15 is 0 Å². The molecule has 1 aliphatic heterocycles. The molecule has 2 atom stereocenters. The Kier molecular flexibility index (Phi) is 8.05. The number of hydrogen-bond donors (Lipinski definition) is 3. The van der Waals surface area contributed by atoms with Gasteiger partial charge in [0.15, 0.2) is 0 Å². The Bertz CT molecular complexity index is 481. The van der Waals surface area contributed by atoms with Crippen molar-refractivity contribution in [3.05, 3.63) is 35.9 Å². The van der Waals surface area contributed by atoms with Crippen LogP contribution in [0.25, 0.3) is 0 Å². The monoisotopic (exact) mass is 333 g/mol. The largest absolute Gasteiger partial charge is 0.394 e. The van der Waals surface area contributed by atoms with Crippen LogP contribution in [-0.2, 0) is 0 Å². The van der Waals surface area contributed by atoms with Crippen LogP contribution in [0.4, 0.5) is 4.79 Å². The highest BCUT2D eigenvalue weighted by Crippen LogP contribution is 2.15. The number of benzene rings is 1. The van der Waals surface area contributed by atoms with Crippen LogP contribution in [0.5, 0.6) is 0 Å². The van der Waals surface area contributed by atoms with E-state index in [4.69, 9.17) is 0 Å². The highest BCUT2D eigenvalue weighted by atomic mass is 16.3. The van der Waals surface area contributed by atoms with Crippen molar-refractivity contribution in [3.8, 4) is 0 Å². The number of hydrogen-bond acceptors (Lipinski definition) is 3. The summed E-state index contributed by atoms with van der Waals surface area (Å²) in [7, 11) is 0. The smallest absolute Gasteiger partial charge is 0.315 e. The SMILES string of the molecule is CC1CCCN(CCCCNC(=O)NC(CO)c2ccccc2)C1. The molecule has 5 heteroatoms. The summed E-state index contributed by atoms with van der Waals surface area (Å²) < 4.78 is 0. The fourth-order valence-electron chi connectivity index (χ4n) is 3.28. The third-order valence-electron chi connectivity index (χ3n) is 4.62. The average molecular weight is 333 g/mol. The molecule has 0 spiro atoms.